The second-order valence-corrected chi connectivity index (χ2v) is 18.4. The molecule has 0 fully saturated rings. The van der Waals surface area contributed by atoms with Gasteiger partial charge >= 0.3 is 0 Å². The van der Waals surface area contributed by atoms with Gasteiger partial charge in [0.25, 0.3) is 0 Å². The molecule has 1 nitrogen and oxygen atoms in total. The van der Waals surface area contributed by atoms with Crippen LogP contribution in [-0.4, -0.2) is 22.5 Å². The van der Waals surface area contributed by atoms with Gasteiger partial charge in [-0.25, -0.2) is 0 Å². The zero-order chi connectivity index (χ0) is 8.41. The molecule has 0 saturated carbocycles. The van der Waals surface area contributed by atoms with E-state index in [1.54, 1.807) is 0 Å². The lowest BCUT2D eigenvalue weighted by molar-refractivity contribution is 0.420. The Labute approximate surface area is 66.0 Å². The predicted molar refractivity (Wildman–Crippen MR) is 52.2 cm³/mol. The highest BCUT2D eigenvalue weighted by atomic mass is 29.3. The van der Waals surface area contributed by atoms with E-state index >= 15 is 0 Å². The Kier molecular flexibility index (Phi) is 3.07. The van der Waals surface area contributed by atoms with E-state index in [2.05, 4.69) is 38.5 Å². The van der Waals surface area contributed by atoms with Gasteiger partial charge in [-0.1, -0.05) is 13.1 Å². The molecule has 10 heavy (non-hydrogen) atoms. The largest absolute Gasteiger partial charge is 0.423 e. The molecule has 0 bridgehead atoms. The molecule has 0 spiro atoms. The van der Waals surface area contributed by atoms with E-state index in [0.29, 0.717) is 0 Å². The van der Waals surface area contributed by atoms with Crippen molar-refractivity contribution in [3.63, 3.8) is 0 Å². The first-order valence-corrected chi connectivity index (χ1v) is 10.5. The molecule has 0 saturated heterocycles. The first kappa shape index (κ1) is 10.1. The van der Waals surface area contributed by atoms with Gasteiger partial charge in [0.2, 0.25) is 0 Å². The van der Waals surface area contributed by atoms with Crippen LogP contribution in [0.5, 0.6) is 0 Å². The summed E-state index contributed by atoms with van der Waals surface area (Å²) in [7, 11) is -0.785. The fourth-order valence-electron chi connectivity index (χ4n) is 0.509. The fraction of sp³-hybridized carbons (Fsp3) is 0.714. The molecule has 0 aromatic rings. The molecule has 60 valence electrons. The third-order valence-electron chi connectivity index (χ3n) is 2.57. The third kappa shape index (κ3) is 1.81. The summed E-state index contributed by atoms with van der Waals surface area (Å²) in [5, 5.41) is 0. The fourth-order valence-corrected chi connectivity index (χ4v) is 4.58. The van der Waals surface area contributed by atoms with Gasteiger partial charge < -0.3 is 4.43 Å². The van der Waals surface area contributed by atoms with Crippen LogP contribution in [0, 0.1) is 0 Å². The quantitative estimate of drug-likeness (QED) is 0.597. The van der Waals surface area contributed by atoms with Gasteiger partial charge in [-0.3, -0.25) is 0 Å². The highest BCUT2D eigenvalue weighted by Crippen LogP contribution is 2.19. The third-order valence-corrected chi connectivity index (χ3v) is 18.3. The highest BCUT2D eigenvalue weighted by molar-refractivity contribution is 7.40. The second-order valence-electron chi connectivity index (χ2n) is 3.64. The Morgan fingerprint density at radius 2 is 1.60 bits per heavy atom. The Morgan fingerprint density at radius 3 is 1.70 bits per heavy atom. The standard InChI is InChI=1S/C7H18OSi2/c1-7-9(3,4)10(5,6)8-2/h7H,1H2,2-6H3. The molecule has 3 heteroatoms. The van der Waals surface area contributed by atoms with Crippen molar-refractivity contribution in [2.24, 2.45) is 0 Å². The van der Waals surface area contributed by atoms with Crippen molar-refractivity contribution in [3.8, 4) is 0 Å². The van der Waals surface area contributed by atoms with Crippen LogP contribution in [0.3, 0.4) is 0 Å². The minimum atomic E-state index is -1.38. The summed E-state index contributed by atoms with van der Waals surface area (Å²) in [4.78, 5) is 0. The SMILES string of the molecule is C=C[Si](C)(C)[Si](C)(C)OC. The average Bonchev–Trinajstić information content (AvgIpc) is 1.88. The molecule has 0 aliphatic rings. The molecular weight excluding hydrogens is 156 g/mol. The van der Waals surface area contributed by atoms with E-state index in [9.17, 15) is 0 Å². The number of rotatable bonds is 3. The van der Waals surface area contributed by atoms with Gasteiger partial charge in [-0.15, -0.1) is 12.3 Å². The van der Waals surface area contributed by atoms with Crippen LogP contribution in [0.2, 0.25) is 26.2 Å². The lowest BCUT2D eigenvalue weighted by Gasteiger charge is -2.33. The van der Waals surface area contributed by atoms with Crippen LogP contribution in [0.1, 0.15) is 0 Å². The molecule has 0 aliphatic heterocycles. The summed E-state index contributed by atoms with van der Waals surface area (Å²) in [5.74, 6) is 0. The average molecular weight is 174 g/mol. The van der Waals surface area contributed by atoms with E-state index in [1.165, 1.54) is 0 Å². The minimum Gasteiger partial charge on any atom is -0.423 e. The lowest BCUT2D eigenvalue weighted by atomic mass is 11.3. The topological polar surface area (TPSA) is 9.23 Å². The van der Waals surface area contributed by atoms with Crippen molar-refractivity contribution in [2.75, 3.05) is 7.11 Å². The summed E-state index contributed by atoms with van der Waals surface area (Å²) in [5.41, 5.74) is 2.13. The van der Waals surface area contributed by atoms with Gasteiger partial charge in [0.05, 0.1) is 7.59 Å². The molecule has 0 aromatic heterocycles. The first-order chi connectivity index (χ1) is 4.37. The van der Waals surface area contributed by atoms with Crippen molar-refractivity contribution in [1.29, 1.82) is 0 Å². The zero-order valence-corrected chi connectivity index (χ0v) is 9.69. The van der Waals surface area contributed by atoms with Crippen molar-refractivity contribution < 1.29 is 4.43 Å². The van der Waals surface area contributed by atoms with E-state index < -0.39 is 15.4 Å². The van der Waals surface area contributed by atoms with Crippen molar-refractivity contribution in [1.82, 2.24) is 0 Å². The van der Waals surface area contributed by atoms with Gasteiger partial charge in [-0.2, -0.15) is 0 Å². The second kappa shape index (κ2) is 3.02. The van der Waals surface area contributed by atoms with Crippen LogP contribution in [0.4, 0.5) is 0 Å². The summed E-state index contributed by atoms with van der Waals surface area (Å²) < 4.78 is 5.52. The van der Waals surface area contributed by atoms with Crippen molar-refractivity contribution in [3.05, 3.63) is 12.3 Å². The Hall–Kier alpha value is 0.134. The molecule has 0 rings (SSSR count). The summed E-state index contributed by atoms with van der Waals surface area (Å²) >= 11 is 0. The number of hydrogen-bond acceptors (Lipinski definition) is 1. The first-order valence-electron chi connectivity index (χ1n) is 3.56. The van der Waals surface area contributed by atoms with Gasteiger partial charge in [-0.05, 0) is 13.1 Å². The van der Waals surface area contributed by atoms with E-state index in [4.69, 9.17) is 4.43 Å². The molecule has 0 atom stereocenters. The maximum Gasteiger partial charge on any atom is 0.177 e. The molecule has 0 unspecified atom stereocenters. The maximum absolute atomic E-state index is 5.52. The summed E-state index contributed by atoms with van der Waals surface area (Å²) in [6.45, 7) is 13.0. The van der Waals surface area contributed by atoms with Crippen LogP contribution < -0.4 is 0 Å². The monoisotopic (exact) mass is 174 g/mol. The van der Waals surface area contributed by atoms with Crippen LogP contribution in [-0.2, 0) is 4.43 Å². The van der Waals surface area contributed by atoms with Gasteiger partial charge in [0, 0.05) is 7.11 Å². The predicted octanol–water partition coefficient (Wildman–Crippen LogP) is 2.35. The molecule has 0 aliphatic carbocycles. The molecule has 0 amide bonds. The molecular formula is C7H18OSi2. The summed E-state index contributed by atoms with van der Waals surface area (Å²) in [6, 6.07) is 0. The Bertz CT molecular complexity index is 130. The molecule has 0 heterocycles. The van der Waals surface area contributed by atoms with E-state index in [1.807, 2.05) is 7.11 Å². The Morgan fingerprint density at radius 1 is 1.20 bits per heavy atom. The zero-order valence-electron chi connectivity index (χ0n) is 7.69. The number of hydrogen-bond donors (Lipinski definition) is 0. The van der Waals surface area contributed by atoms with Gasteiger partial charge in [0.1, 0.15) is 0 Å². The Balaban J connectivity index is 4.43. The van der Waals surface area contributed by atoms with Crippen molar-refractivity contribution >= 4 is 15.4 Å². The van der Waals surface area contributed by atoms with Crippen molar-refractivity contribution in [2.45, 2.75) is 26.2 Å². The molecule has 0 aromatic carbocycles. The summed E-state index contributed by atoms with van der Waals surface area (Å²) in [6.07, 6.45) is 0. The van der Waals surface area contributed by atoms with E-state index in [0.717, 1.165) is 0 Å². The maximum atomic E-state index is 5.52. The smallest absolute Gasteiger partial charge is 0.177 e. The van der Waals surface area contributed by atoms with Crippen LogP contribution in [0.15, 0.2) is 12.3 Å². The van der Waals surface area contributed by atoms with Gasteiger partial charge in [0.15, 0.2) is 7.83 Å². The van der Waals surface area contributed by atoms with E-state index in [-0.39, 0.29) is 0 Å². The van der Waals surface area contributed by atoms with Crippen LogP contribution in [0.25, 0.3) is 0 Å². The molecule has 0 radical (unpaired) electrons. The minimum absolute atomic E-state index is 1.22. The normalized spacial score (nSPS) is 13.3. The lowest BCUT2D eigenvalue weighted by Crippen LogP contribution is -2.55. The highest BCUT2D eigenvalue weighted by Gasteiger charge is 2.39. The molecule has 0 N–H and O–H groups in total. The van der Waals surface area contributed by atoms with Crippen LogP contribution >= 0.6 is 0 Å².